The van der Waals surface area contributed by atoms with Gasteiger partial charge in [0.25, 0.3) is 10.2 Å². The Morgan fingerprint density at radius 3 is 2.07 bits per heavy atom. The maximum Gasteiger partial charge on any atom is 0.282 e. The third-order valence-corrected chi connectivity index (χ3v) is 7.30. The highest BCUT2D eigenvalue weighted by Crippen LogP contribution is 2.17. The standard InChI is InChI=1S/C20H29N5O2S/c1-4-24(5-2)28(26,27)25-12-10-23(11-13-25)16-18-14-21-20(22-15-18)19-8-6-17(3)7-9-19/h6-9,14-15H,4-5,10-13,16H2,1-3H3. The van der Waals surface area contributed by atoms with Gasteiger partial charge in [-0.05, 0) is 6.92 Å². The smallest absolute Gasteiger partial charge is 0.282 e. The maximum atomic E-state index is 12.6. The van der Waals surface area contributed by atoms with Gasteiger partial charge in [0, 0.05) is 69.3 Å². The van der Waals surface area contributed by atoms with Gasteiger partial charge in [0.1, 0.15) is 0 Å². The van der Waals surface area contributed by atoms with Crippen LogP contribution in [-0.4, -0.2) is 71.2 Å². The first-order valence-corrected chi connectivity index (χ1v) is 11.2. The molecule has 1 aromatic heterocycles. The van der Waals surface area contributed by atoms with Crippen molar-refractivity contribution in [2.24, 2.45) is 0 Å². The molecule has 7 nitrogen and oxygen atoms in total. The molecule has 1 saturated heterocycles. The highest BCUT2D eigenvalue weighted by atomic mass is 32.2. The summed E-state index contributed by atoms with van der Waals surface area (Å²) < 4.78 is 28.3. The van der Waals surface area contributed by atoms with Crippen LogP contribution in [0.5, 0.6) is 0 Å². The first-order valence-electron chi connectivity index (χ1n) is 9.79. The molecule has 8 heteroatoms. The number of hydrogen-bond donors (Lipinski definition) is 0. The number of benzene rings is 1. The van der Waals surface area contributed by atoms with Crippen molar-refractivity contribution >= 4 is 10.2 Å². The second-order valence-electron chi connectivity index (χ2n) is 7.05. The van der Waals surface area contributed by atoms with Crippen molar-refractivity contribution in [3.63, 3.8) is 0 Å². The molecule has 28 heavy (non-hydrogen) atoms. The molecule has 2 heterocycles. The predicted molar refractivity (Wildman–Crippen MR) is 111 cm³/mol. The number of aromatic nitrogens is 2. The fourth-order valence-electron chi connectivity index (χ4n) is 3.38. The largest absolute Gasteiger partial charge is 0.296 e. The third-order valence-electron chi connectivity index (χ3n) is 5.11. The van der Waals surface area contributed by atoms with Crippen LogP contribution >= 0.6 is 0 Å². The molecule has 0 atom stereocenters. The van der Waals surface area contributed by atoms with Crippen molar-refractivity contribution < 1.29 is 8.42 Å². The minimum Gasteiger partial charge on any atom is -0.296 e. The van der Waals surface area contributed by atoms with E-state index in [1.807, 2.05) is 38.4 Å². The molecule has 0 saturated carbocycles. The molecule has 152 valence electrons. The van der Waals surface area contributed by atoms with Crippen molar-refractivity contribution in [1.29, 1.82) is 0 Å². The number of hydrogen-bond acceptors (Lipinski definition) is 5. The molecule has 3 rings (SSSR count). The summed E-state index contributed by atoms with van der Waals surface area (Å²) in [5.74, 6) is 0.721. The quantitative estimate of drug-likeness (QED) is 0.709. The molecule has 0 N–H and O–H groups in total. The summed E-state index contributed by atoms with van der Waals surface area (Å²) in [5.41, 5.74) is 3.26. The lowest BCUT2D eigenvalue weighted by molar-refractivity contribution is 0.175. The highest BCUT2D eigenvalue weighted by Gasteiger charge is 2.30. The summed E-state index contributed by atoms with van der Waals surface area (Å²) in [6.45, 7) is 9.99. The van der Waals surface area contributed by atoms with Crippen molar-refractivity contribution in [3.05, 3.63) is 47.8 Å². The zero-order chi connectivity index (χ0) is 20.1. The van der Waals surface area contributed by atoms with E-state index in [1.54, 1.807) is 4.31 Å². The summed E-state index contributed by atoms with van der Waals surface area (Å²) in [4.78, 5) is 11.2. The first-order chi connectivity index (χ1) is 13.4. The number of nitrogens with zero attached hydrogens (tertiary/aromatic N) is 5. The van der Waals surface area contributed by atoms with E-state index in [0.717, 1.165) is 23.5 Å². The van der Waals surface area contributed by atoms with Gasteiger partial charge in [-0.15, -0.1) is 0 Å². The average molecular weight is 404 g/mol. The highest BCUT2D eigenvalue weighted by molar-refractivity contribution is 7.86. The lowest BCUT2D eigenvalue weighted by atomic mass is 10.1. The molecule has 1 aliphatic rings. The van der Waals surface area contributed by atoms with E-state index in [9.17, 15) is 8.42 Å². The second-order valence-corrected chi connectivity index (χ2v) is 8.98. The summed E-state index contributed by atoms with van der Waals surface area (Å²) >= 11 is 0. The molecule has 1 aliphatic heterocycles. The van der Waals surface area contributed by atoms with Gasteiger partial charge in [-0.3, -0.25) is 4.90 Å². The van der Waals surface area contributed by atoms with Gasteiger partial charge in [-0.2, -0.15) is 17.0 Å². The van der Waals surface area contributed by atoms with Gasteiger partial charge in [0.05, 0.1) is 0 Å². The summed E-state index contributed by atoms with van der Waals surface area (Å²) in [6.07, 6.45) is 3.72. The molecule has 1 fully saturated rings. The lowest BCUT2D eigenvalue weighted by Gasteiger charge is -2.36. The van der Waals surface area contributed by atoms with Gasteiger partial charge in [-0.25, -0.2) is 9.97 Å². The molecular formula is C20H29N5O2S. The van der Waals surface area contributed by atoms with E-state index in [0.29, 0.717) is 39.3 Å². The van der Waals surface area contributed by atoms with E-state index in [2.05, 4.69) is 33.9 Å². The molecule has 0 radical (unpaired) electrons. The Morgan fingerprint density at radius 1 is 0.964 bits per heavy atom. The lowest BCUT2D eigenvalue weighted by Crippen LogP contribution is -2.52. The Bertz CT molecular complexity index is 856. The van der Waals surface area contributed by atoms with Crippen molar-refractivity contribution in [2.75, 3.05) is 39.3 Å². The summed E-state index contributed by atoms with van der Waals surface area (Å²) in [5, 5.41) is 0. The van der Waals surface area contributed by atoms with Gasteiger partial charge in [0.2, 0.25) is 0 Å². The van der Waals surface area contributed by atoms with Gasteiger partial charge < -0.3 is 0 Å². The van der Waals surface area contributed by atoms with Crippen LogP contribution in [0.3, 0.4) is 0 Å². The van der Waals surface area contributed by atoms with Crippen LogP contribution in [0.1, 0.15) is 25.0 Å². The van der Waals surface area contributed by atoms with Crippen molar-refractivity contribution in [1.82, 2.24) is 23.5 Å². The maximum absolute atomic E-state index is 12.6. The Balaban J connectivity index is 1.57. The molecule has 0 bridgehead atoms. The van der Waals surface area contributed by atoms with Gasteiger partial charge >= 0.3 is 0 Å². The van der Waals surface area contributed by atoms with Crippen LogP contribution in [0.4, 0.5) is 0 Å². The van der Waals surface area contributed by atoms with Crippen LogP contribution in [-0.2, 0) is 16.8 Å². The first kappa shape index (κ1) is 20.9. The number of piperazine rings is 1. The predicted octanol–water partition coefficient (Wildman–Crippen LogP) is 2.16. The van der Waals surface area contributed by atoms with Crippen LogP contribution in [0.15, 0.2) is 36.7 Å². The molecule has 0 aliphatic carbocycles. The molecular weight excluding hydrogens is 374 g/mol. The monoisotopic (exact) mass is 403 g/mol. The van der Waals surface area contributed by atoms with Crippen LogP contribution < -0.4 is 0 Å². The minimum atomic E-state index is -3.34. The Labute approximate surface area is 168 Å². The minimum absolute atomic E-state index is 0.504. The Hall–Kier alpha value is -1.87. The second kappa shape index (κ2) is 9.09. The van der Waals surface area contributed by atoms with E-state index >= 15 is 0 Å². The van der Waals surface area contributed by atoms with Gasteiger partial charge in [0.15, 0.2) is 5.82 Å². The number of rotatable bonds is 7. The van der Waals surface area contributed by atoms with Crippen molar-refractivity contribution in [3.8, 4) is 11.4 Å². The van der Waals surface area contributed by atoms with Crippen LogP contribution in [0, 0.1) is 6.92 Å². The molecule has 2 aromatic rings. The summed E-state index contributed by atoms with van der Waals surface area (Å²) in [7, 11) is -3.34. The van der Waals surface area contributed by atoms with E-state index in [1.165, 1.54) is 9.87 Å². The van der Waals surface area contributed by atoms with Gasteiger partial charge in [-0.1, -0.05) is 43.7 Å². The molecule has 1 aromatic carbocycles. The van der Waals surface area contributed by atoms with Crippen LogP contribution in [0.25, 0.3) is 11.4 Å². The van der Waals surface area contributed by atoms with Crippen molar-refractivity contribution in [2.45, 2.75) is 27.3 Å². The zero-order valence-electron chi connectivity index (χ0n) is 16.9. The Morgan fingerprint density at radius 2 is 1.54 bits per heavy atom. The van der Waals surface area contributed by atoms with E-state index in [-0.39, 0.29) is 0 Å². The normalized spacial score (nSPS) is 16.6. The zero-order valence-corrected chi connectivity index (χ0v) is 17.7. The fourth-order valence-corrected chi connectivity index (χ4v) is 4.98. The fraction of sp³-hybridized carbons (Fsp3) is 0.500. The molecule has 0 unspecified atom stereocenters. The van der Waals surface area contributed by atoms with Crippen LogP contribution in [0.2, 0.25) is 0 Å². The van der Waals surface area contributed by atoms with E-state index in [4.69, 9.17) is 0 Å². The summed E-state index contributed by atoms with van der Waals surface area (Å²) in [6, 6.07) is 8.16. The molecule has 0 amide bonds. The Kier molecular flexibility index (Phi) is 6.77. The van der Waals surface area contributed by atoms with E-state index < -0.39 is 10.2 Å². The molecule has 0 spiro atoms. The third kappa shape index (κ3) is 4.75. The SMILES string of the molecule is CCN(CC)S(=O)(=O)N1CCN(Cc2cnc(-c3ccc(C)cc3)nc2)CC1. The number of aryl methyl sites for hydroxylation is 1. The topological polar surface area (TPSA) is 69.6 Å². The average Bonchev–Trinajstić information content (AvgIpc) is 2.70.